The number of hydrogen-bond donors (Lipinski definition) is 0. The SMILES string of the molecule is Cc1ccc(N2C(=O)c3cccc4c(N5CCCC5)c([N+](=O)[O-])cc(c34)C2=O)cc1. The molecule has 2 aliphatic heterocycles. The van der Waals surface area contributed by atoms with Crippen LogP contribution in [-0.2, 0) is 0 Å². The highest BCUT2D eigenvalue weighted by molar-refractivity contribution is 6.37. The van der Waals surface area contributed by atoms with E-state index < -0.39 is 16.7 Å². The van der Waals surface area contributed by atoms with Gasteiger partial charge in [-0.3, -0.25) is 19.7 Å². The van der Waals surface area contributed by atoms with Crippen molar-refractivity contribution in [2.24, 2.45) is 0 Å². The summed E-state index contributed by atoms with van der Waals surface area (Å²) in [5, 5.41) is 13.0. The molecule has 2 heterocycles. The van der Waals surface area contributed by atoms with Crippen molar-refractivity contribution < 1.29 is 14.5 Å². The Morgan fingerprint density at radius 2 is 1.60 bits per heavy atom. The summed E-state index contributed by atoms with van der Waals surface area (Å²) in [4.78, 5) is 41.3. The first kappa shape index (κ1) is 18.3. The van der Waals surface area contributed by atoms with Gasteiger partial charge < -0.3 is 4.90 Å². The zero-order valence-electron chi connectivity index (χ0n) is 16.4. The fraction of sp³-hybridized carbons (Fsp3) is 0.217. The van der Waals surface area contributed by atoms with Crippen LogP contribution in [0, 0.1) is 17.0 Å². The molecule has 2 amide bonds. The first-order valence-corrected chi connectivity index (χ1v) is 9.92. The lowest BCUT2D eigenvalue weighted by Gasteiger charge is -2.29. The van der Waals surface area contributed by atoms with E-state index in [9.17, 15) is 19.7 Å². The molecular formula is C23H19N3O4. The molecule has 2 aliphatic rings. The highest BCUT2D eigenvalue weighted by Gasteiger charge is 2.38. The van der Waals surface area contributed by atoms with E-state index in [1.54, 1.807) is 30.3 Å². The highest BCUT2D eigenvalue weighted by Crippen LogP contribution is 2.43. The van der Waals surface area contributed by atoms with E-state index in [4.69, 9.17) is 0 Å². The number of anilines is 2. The van der Waals surface area contributed by atoms with Gasteiger partial charge in [0.2, 0.25) is 0 Å². The lowest BCUT2D eigenvalue weighted by Crippen LogP contribution is -2.40. The minimum atomic E-state index is -0.538. The highest BCUT2D eigenvalue weighted by atomic mass is 16.6. The summed E-state index contributed by atoms with van der Waals surface area (Å²) in [5.41, 5.74) is 2.44. The van der Waals surface area contributed by atoms with Crippen LogP contribution in [0.4, 0.5) is 17.1 Å². The molecule has 7 nitrogen and oxygen atoms in total. The van der Waals surface area contributed by atoms with Gasteiger partial charge in [0, 0.05) is 35.5 Å². The topological polar surface area (TPSA) is 83.8 Å². The molecule has 3 aromatic carbocycles. The van der Waals surface area contributed by atoms with Gasteiger partial charge in [0.25, 0.3) is 17.5 Å². The van der Waals surface area contributed by atoms with Crippen molar-refractivity contribution in [3.8, 4) is 0 Å². The number of amides is 2. The Bertz CT molecular complexity index is 1230. The Morgan fingerprint density at radius 1 is 0.933 bits per heavy atom. The fourth-order valence-electron chi connectivity index (χ4n) is 4.48. The van der Waals surface area contributed by atoms with Gasteiger partial charge in [0.15, 0.2) is 0 Å². The summed E-state index contributed by atoms with van der Waals surface area (Å²) in [7, 11) is 0. The predicted octanol–water partition coefficient (Wildman–Crippen LogP) is 4.46. The number of carbonyl (C=O) groups excluding carboxylic acids is 2. The smallest absolute Gasteiger partial charge is 0.293 e. The second-order valence-corrected chi connectivity index (χ2v) is 7.75. The minimum absolute atomic E-state index is 0.0943. The monoisotopic (exact) mass is 401 g/mol. The third kappa shape index (κ3) is 2.58. The molecule has 0 bridgehead atoms. The number of benzene rings is 3. The second kappa shape index (κ2) is 6.66. The molecule has 3 aromatic rings. The van der Waals surface area contributed by atoms with E-state index in [2.05, 4.69) is 0 Å². The molecule has 0 radical (unpaired) electrons. The number of hydrogen-bond acceptors (Lipinski definition) is 5. The number of imide groups is 1. The van der Waals surface area contributed by atoms with Crippen molar-refractivity contribution in [2.45, 2.75) is 19.8 Å². The van der Waals surface area contributed by atoms with E-state index in [0.717, 1.165) is 36.4 Å². The van der Waals surface area contributed by atoms with Crippen LogP contribution in [-0.4, -0.2) is 29.8 Å². The zero-order valence-corrected chi connectivity index (χ0v) is 16.4. The number of rotatable bonds is 3. The first-order valence-electron chi connectivity index (χ1n) is 9.92. The Balaban J connectivity index is 1.79. The standard InChI is InChI=1S/C23H19N3O4/c1-14-7-9-15(10-8-14)25-22(27)17-6-4-5-16-20(17)18(23(25)28)13-19(26(29)30)21(16)24-11-2-3-12-24/h4-10,13H,2-3,11-12H2,1H3. The summed E-state index contributed by atoms with van der Waals surface area (Å²) < 4.78 is 0. The third-order valence-electron chi connectivity index (χ3n) is 5.89. The molecule has 1 saturated heterocycles. The van der Waals surface area contributed by atoms with Gasteiger partial charge in [-0.2, -0.15) is 0 Å². The van der Waals surface area contributed by atoms with E-state index >= 15 is 0 Å². The van der Waals surface area contributed by atoms with Crippen LogP contribution in [0.5, 0.6) is 0 Å². The molecule has 0 unspecified atom stereocenters. The third-order valence-corrected chi connectivity index (χ3v) is 5.89. The summed E-state index contributed by atoms with van der Waals surface area (Å²) in [6, 6.07) is 13.6. The van der Waals surface area contributed by atoms with Gasteiger partial charge in [-0.05, 0) is 38.0 Å². The Labute approximate surface area is 172 Å². The van der Waals surface area contributed by atoms with Crippen molar-refractivity contribution in [1.82, 2.24) is 0 Å². The summed E-state index contributed by atoms with van der Waals surface area (Å²) >= 11 is 0. The number of nitro groups is 1. The number of nitrogens with zero attached hydrogens (tertiary/aromatic N) is 3. The van der Waals surface area contributed by atoms with Crippen LogP contribution in [0.15, 0.2) is 48.5 Å². The molecule has 7 heteroatoms. The molecule has 5 rings (SSSR count). The van der Waals surface area contributed by atoms with Gasteiger partial charge in [-0.15, -0.1) is 0 Å². The van der Waals surface area contributed by atoms with Gasteiger partial charge in [-0.25, -0.2) is 4.90 Å². The van der Waals surface area contributed by atoms with E-state index in [1.165, 1.54) is 6.07 Å². The lowest BCUT2D eigenvalue weighted by molar-refractivity contribution is -0.384. The molecule has 150 valence electrons. The van der Waals surface area contributed by atoms with E-state index in [1.807, 2.05) is 24.0 Å². The second-order valence-electron chi connectivity index (χ2n) is 7.75. The number of carbonyl (C=O) groups is 2. The fourth-order valence-corrected chi connectivity index (χ4v) is 4.48. The molecular weight excluding hydrogens is 382 g/mol. The summed E-state index contributed by atoms with van der Waals surface area (Å²) in [6.45, 7) is 3.36. The summed E-state index contributed by atoms with van der Waals surface area (Å²) in [6.07, 6.45) is 1.91. The van der Waals surface area contributed by atoms with Gasteiger partial charge >= 0.3 is 0 Å². The maximum atomic E-state index is 13.4. The minimum Gasteiger partial charge on any atom is -0.365 e. The van der Waals surface area contributed by atoms with Crippen molar-refractivity contribution in [2.75, 3.05) is 22.9 Å². The molecule has 0 spiro atoms. The molecule has 0 aromatic heterocycles. The average Bonchev–Trinajstić information content (AvgIpc) is 3.27. The molecule has 0 N–H and O–H groups in total. The maximum absolute atomic E-state index is 13.4. The Kier molecular flexibility index (Phi) is 4.06. The lowest BCUT2D eigenvalue weighted by atomic mass is 9.91. The van der Waals surface area contributed by atoms with Crippen molar-refractivity contribution in [3.05, 3.63) is 75.3 Å². The zero-order chi connectivity index (χ0) is 21.0. The van der Waals surface area contributed by atoms with Gasteiger partial charge in [0.1, 0.15) is 5.69 Å². The first-order chi connectivity index (χ1) is 14.5. The van der Waals surface area contributed by atoms with Crippen LogP contribution in [0.25, 0.3) is 10.8 Å². The largest absolute Gasteiger partial charge is 0.365 e. The van der Waals surface area contributed by atoms with Crippen molar-refractivity contribution in [3.63, 3.8) is 0 Å². The van der Waals surface area contributed by atoms with Crippen molar-refractivity contribution >= 4 is 39.6 Å². The maximum Gasteiger partial charge on any atom is 0.293 e. The molecule has 30 heavy (non-hydrogen) atoms. The Morgan fingerprint density at radius 3 is 2.27 bits per heavy atom. The molecule has 0 saturated carbocycles. The quantitative estimate of drug-likeness (QED) is 0.368. The number of nitro benzene ring substituents is 1. The Hall–Kier alpha value is -3.74. The van der Waals surface area contributed by atoms with Gasteiger partial charge in [0.05, 0.1) is 16.2 Å². The van der Waals surface area contributed by atoms with Crippen LogP contribution in [0.3, 0.4) is 0 Å². The number of aryl methyl sites for hydroxylation is 1. The normalized spacial score (nSPS) is 15.9. The van der Waals surface area contributed by atoms with Crippen LogP contribution >= 0.6 is 0 Å². The predicted molar refractivity (Wildman–Crippen MR) is 114 cm³/mol. The molecule has 0 atom stereocenters. The van der Waals surface area contributed by atoms with Crippen LogP contribution in [0.1, 0.15) is 39.1 Å². The summed E-state index contributed by atoms with van der Waals surface area (Å²) in [5.74, 6) is -0.952. The van der Waals surface area contributed by atoms with Crippen LogP contribution < -0.4 is 9.80 Å². The van der Waals surface area contributed by atoms with E-state index in [-0.39, 0.29) is 11.3 Å². The van der Waals surface area contributed by atoms with Crippen molar-refractivity contribution in [1.29, 1.82) is 0 Å². The van der Waals surface area contributed by atoms with Crippen LogP contribution in [0.2, 0.25) is 0 Å². The molecule has 1 fully saturated rings. The average molecular weight is 401 g/mol. The van der Waals surface area contributed by atoms with Gasteiger partial charge in [-0.1, -0.05) is 29.8 Å². The van der Waals surface area contributed by atoms with E-state index in [0.29, 0.717) is 27.7 Å². The molecule has 0 aliphatic carbocycles.